The second-order valence-corrected chi connectivity index (χ2v) is 11.4. The van der Waals surface area contributed by atoms with Crippen molar-refractivity contribution in [3.8, 4) is 0 Å². The smallest absolute Gasteiger partial charge is 0.263 e. The maximum Gasteiger partial charge on any atom is 0.263 e. The lowest BCUT2D eigenvalue weighted by molar-refractivity contribution is -0.121. The molecule has 0 aliphatic heterocycles. The SMILES string of the molecule is O=C(CCc1nnc2n(Cc3ccccc3Cl)c(=O)c3ccccc3n12)NCCCN(Cc1ccco1)C1CCCC1. The fourth-order valence-corrected chi connectivity index (χ4v) is 6.20. The highest BCUT2D eigenvalue weighted by molar-refractivity contribution is 6.31. The van der Waals surface area contributed by atoms with E-state index in [1.165, 1.54) is 25.7 Å². The number of carbonyl (C=O) groups excluding carboxylic acids is 1. The quantitative estimate of drug-likeness (QED) is 0.201. The number of fused-ring (bicyclic) bond motifs is 3. The molecule has 0 spiro atoms. The molecular formula is C32H35ClN6O3. The van der Waals surface area contributed by atoms with Crippen LogP contribution in [-0.4, -0.2) is 49.1 Å². The highest BCUT2D eigenvalue weighted by Crippen LogP contribution is 2.25. The summed E-state index contributed by atoms with van der Waals surface area (Å²) in [6.07, 6.45) is 8.27. The van der Waals surface area contributed by atoms with E-state index in [1.807, 2.05) is 52.9 Å². The molecule has 0 bridgehead atoms. The van der Waals surface area contributed by atoms with Gasteiger partial charge in [-0.05, 0) is 55.2 Å². The van der Waals surface area contributed by atoms with E-state index in [-0.39, 0.29) is 24.4 Å². The van der Waals surface area contributed by atoms with Crippen molar-refractivity contribution in [2.24, 2.45) is 0 Å². The first kappa shape index (κ1) is 28.2. The van der Waals surface area contributed by atoms with Gasteiger partial charge in [0, 0.05) is 37.0 Å². The summed E-state index contributed by atoms with van der Waals surface area (Å²) < 4.78 is 9.07. The lowest BCUT2D eigenvalue weighted by Gasteiger charge is -2.28. The van der Waals surface area contributed by atoms with E-state index in [4.69, 9.17) is 16.0 Å². The summed E-state index contributed by atoms with van der Waals surface area (Å²) in [6, 6.07) is 19.4. The molecular weight excluding hydrogens is 552 g/mol. The van der Waals surface area contributed by atoms with Crippen molar-refractivity contribution in [2.75, 3.05) is 13.1 Å². The van der Waals surface area contributed by atoms with Crippen LogP contribution in [0.15, 0.2) is 76.1 Å². The highest BCUT2D eigenvalue weighted by Gasteiger charge is 2.23. The predicted octanol–water partition coefficient (Wildman–Crippen LogP) is 5.22. The Kier molecular flexibility index (Phi) is 8.67. The van der Waals surface area contributed by atoms with Gasteiger partial charge in [0.05, 0.1) is 30.3 Å². The van der Waals surface area contributed by atoms with Gasteiger partial charge in [-0.25, -0.2) is 0 Å². The molecule has 2 aromatic carbocycles. The fraction of sp³-hybridized carbons (Fsp3) is 0.375. The van der Waals surface area contributed by atoms with Crippen LogP contribution in [0.3, 0.4) is 0 Å². The van der Waals surface area contributed by atoms with Gasteiger partial charge in [-0.3, -0.25) is 23.5 Å². The zero-order valence-corrected chi connectivity index (χ0v) is 24.3. The number of benzene rings is 2. The van der Waals surface area contributed by atoms with Crippen molar-refractivity contribution in [3.05, 3.63) is 99.5 Å². The van der Waals surface area contributed by atoms with Crippen molar-refractivity contribution in [1.82, 2.24) is 29.4 Å². The highest BCUT2D eigenvalue weighted by atomic mass is 35.5. The Morgan fingerprint density at radius 2 is 1.86 bits per heavy atom. The van der Waals surface area contributed by atoms with Crippen LogP contribution in [0.25, 0.3) is 16.7 Å². The molecule has 0 atom stereocenters. The second kappa shape index (κ2) is 12.9. The van der Waals surface area contributed by atoms with Gasteiger partial charge >= 0.3 is 0 Å². The summed E-state index contributed by atoms with van der Waals surface area (Å²) in [7, 11) is 0. The number of hydrogen-bond acceptors (Lipinski definition) is 6. The van der Waals surface area contributed by atoms with Gasteiger partial charge < -0.3 is 9.73 Å². The van der Waals surface area contributed by atoms with Crippen molar-refractivity contribution < 1.29 is 9.21 Å². The monoisotopic (exact) mass is 586 g/mol. The van der Waals surface area contributed by atoms with E-state index in [0.717, 1.165) is 36.4 Å². The Morgan fingerprint density at radius 3 is 2.67 bits per heavy atom. The molecule has 3 heterocycles. The van der Waals surface area contributed by atoms with Crippen molar-refractivity contribution >= 4 is 34.2 Å². The zero-order valence-electron chi connectivity index (χ0n) is 23.5. The molecule has 6 rings (SSSR count). The molecule has 3 aromatic heterocycles. The van der Waals surface area contributed by atoms with Gasteiger partial charge in [-0.2, -0.15) is 0 Å². The number of aromatic nitrogens is 4. The van der Waals surface area contributed by atoms with E-state index in [9.17, 15) is 9.59 Å². The van der Waals surface area contributed by atoms with Crippen LogP contribution in [-0.2, 0) is 24.3 Å². The van der Waals surface area contributed by atoms with E-state index in [0.29, 0.717) is 41.0 Å². The Balaban J connectivity index is 1.12. The molecule has 218 valence electrons. The van der Waals surface area contributed by atoms with Gasteiger partial charge in [-0.1, -0.05) is 54.8 Å². The number of halogens is 1. The molecule has 1 aliphatic rings. The third-order valence-corrected chi connectivity index (χ3v) is 8.53. The molecule has 0 unspecified atom stereocenters. The van der Waals surface area contributed by atoms with Gasteiger partial charge in [0.25, 0.3) is 5.56 Å². The van der Waals surface area contributed by atoms with Gasteiger partial charge in [-0.15, -0.1) is 10.2 Å². The van der Waals surface area contributed by atoms with Gasteiger partial charge in [0.2, 0.25) is 11.7 Å². The summed E-state index contributed by atoms with van der Waals surface area (Å²) in [6.45, 7) is 2.60. The number of furan rings is 1. The maximum absolute atomic E-state index is 13.5. The summed E-state index contributed by atoms with van der Waals surface area (Å²) >= 11 is 6.41. The summed E-state index contributed by atoms with van der Waals surface area (Å²) in [5, 5.41) is 13.0. The Hall–Kier alpha value is -3.95. The molecule has 1 N–H and O–H groups in total. The van der Waals surface area contributed by atoms with Crippen LogP contribution in [0.4, 0.5) is 0 Å². The lowest BCUT2D eigenvalue weighted by Crippen LogP contribution is -2.35. The molecule has 5 aromatic rings. The number of nitrogens with zero attached hydrogens (tertiary/aromatic N) is 5. The van der Waals surface area contributed by atoms with E-state index < -0.39 is 0 Å². The maximum atomic E-state index is 13.5. The third-order valence-electron chi connectivity index (χ3n) is 8.16. The minimum atomic E-state index is -0.159. The molecule has 1 amide bonds. The van der Waals surface area contributed by atoms with Crippen LogP contribution in [0.1, 0.15) is 55.7 Å². The number of hydrogen-bond donors (Lipinski definition) is 1. The minimum Gasteiger partial charge on any atom is -0.468 e. The average Bonchev–Trinajstić information content (AvgIpc) is 3.79. The number of nitrogens with one attached hydrogen (secondary N) is 1. The summed E-state index contributed by atoms with van der Waals surface area (Å²) in [5.74, 6) is 2.02. The third kappa shape index (κ3) is 6.12. The number of carbonyl (C=O) groups is 1. The summed E-state index contributed by atoms with van der Waals surface area (Å²) in [4.78, 5) is 28.8. The Labute approximate surface area is 249 Å². The minimum absolute atomic E-state index is 0.0288. The molecule has 42 heavy (non-hydrogen) atoms. The van der Waals surface area contributed by atoms with E-state index in [1.54, 1.807) is 23.0 Å². The first-order valence-corrected chi connectivity index (χ1v) is 15.1. The number of rotatable bonds is 12. The molecule has 1 aliphatic carbocycles. The topological polar surface area (TPSA) is 97.7 Å². The number of para-hydroxylation sites is 1. The van der Waals surface area contributed by atoms with E-state index in [2.05, 4.69) is 20.4 Å². The van der Waals surface area contributed by atoms with Crippen molar-refractivity contribution in [2.45, 2.75) is 64.1 Å². The van der Waals surface area contributed by atoms with Crippen LogP contribution in [0.2, 0.25) is 5.02 Å². The fourth-order valence-electron chi connectivity index (χ4n) is 6.00. The van der Waals surface area contributed by atoms with Crippen LogP contribution in [0, 0.1) is 0 Å². The Morgan fingerprint density at radius 1 is 1.05 bits per heavy atom. The zero-order chi connectivity index (χ0) is 28.9. The van der Waals surface area contributed by atoms with Gasteiger partial charge in [0.15, 0.2) is 0 Å². The van der Waals surface area contributed by atoms with Crippen molar-refractivity contribution in [3.63, 3.8) is 0 Å². The molecule has 1 fully saturated rings. The summed E-state index contributed by atoms with van der Waals surface area (Å²) in [5.41, 5.74) is 1.38. The van der Waals surface area contributed by atoms with Crippen LogP contribution >= 0.6 is 11.6 Å². The number of aryl methyl sites for hydroxylation is 1. The molecule has 10 heteroatoms. The largest absolute Gasteiger partial charge is 0.468 e. The first-order valence-electron chi connectivity index (χ1n) is 14.7. The molecule has 1 saturated carbocycles. The molecule has 0 radical (unpaired) electrons. The number of amides is 1. The molecule has 0 saturated heterocycles. The average molecular weight is 587 g/mol. The molecule has 9 nitrogen and oxygen atoms in total. The lowest BCUT2D eigenvalue weighted by atomic mass is 10.2. The Bertz CT molecular complexity index is 1720. The predicted molar refractivity (Wildman–Crippen MR) is 163 cm³/mol. The van der Waals surface area contributed by atoms with Crippen LogP contribution in [0.5, 0.6) is 0 Å². The van der Waals surface area contributed by atoms with Gasteiger partial charge in [0.1, 0.15) is 11.6 Å². The first-order chi connectivity index (χ1) is 20.6. The standard InChI is InChI=1S/C32H35ClN6O3/c33-27-14-5-1-9-23(27)21-38-31(41)26-13-4-6-15-28(26)39-29(35-36-32(38)39)16-17-30(40)34-18-8-19-37(24-10-2-3-11-24)22-25-12-7-20-42-25/h1,4-7,9,12-15,20,24H,2-3,8,10-11,16-19,21-22H2,(H,34,40). The van der Waals surface area contributed by atoms with E-state index >= 15 is 0 Å². The van der Waals surface area contributed by atoms with Crippen LogP contribution < -0.4 is 10.9 Å². The van der Waals surface area contributed by atoms with Crippen molar-refractivity contribution in [1.29, 1.82) is 0 Å². The second-order valence-electron chi connectivity index (χ2n) is 10.9. The normalized spacial score (nSPS) is 14.0.